The van der Waals surface area contributed by atoms with E-state index in [9.17, 15) is 18.7 Å². The minimum Gasteiger partial charge on any atom is -0.391 e. The lowest BCUT2D eigenvalue weighted by Crippen LogP contribution is -2.19. The summed E-state index contributed by atoms with van der Waals surface area (Å²) in [5.74, 6) is -1.75. The van der Waals surface area contributed by atoms with E-state index in [1.807, 2.05) is 0 Å². The maximum absolute atomic E-state index is 13.4. The van der Waals surface area contributed by atoms with Crippen molar-refractivity contribution in [3.05, 3.63) is 53.9 Å². The Hall–Kier alpha value is -3.40. The highest BCUT2D eigenvalue weighted by atomic mass is 19.2. The number of amides is 1. The summed E-state index contributed by atoms with van der Waals surface area (Å²) in [6.45, 7) is 1.75. The van der Waals surface area contributed by atoms with E-state index in [0.717, 1.165) is 12.1 Å². The van der Waals surface area contributed by atoms with Gasteiger partial charge in [-0.25, -0.2) is 13.5 Å². The molecule has 0 bridgehead atoms. The number of hydrogen-bond donors (Lipinski definition) is 3. The second-order valence-electron chi connectivity index (χ2n) is 6.06. The number of nitrogens with zero attached hydrogens (tertiary/aromatic N) is 4. The highest BCUT2D eigenvalue weighted by Crippen LogP contribution is 2.22. The fraction of sp³-hybridized carbons (Fsp3) is 0.222. The number of anilines is 2. The van der Waals surface area contributed by atoms with Crippen LogP contribution in [-0.4, -0.2) is 43.9 Å². The Balaban J connectivity index is 1.93. The van der Waals surface area contributed by atoms with Gasteiger partial charge in [-0.15, -0.1) is 5.10 Å². The van der Waals surface area contributed by atoms with E-state index in [-0.39, 0.29) is 29.8 Å². The minimum absolute atomic E-state index is 0.136. The van der Waals surface area contributed by atoms with Gasteiger partial charge >= 0.3 is 0 Å². The van der Waals surface area contributed by atoms with E-state index in [0.29, 0.717) is 11.4 Å². The Morgan fingerprint density at radius 3 is 2.64 bits per heavy atom. The molecule has 3 rings (SSSR count). The molecule has 0 radical (unpaired) electrons. The number of hydrogen-bond acceptors (Lipinski definition) is 6. The van der Waals surface area contributed by atoms with Crippen LogP contribution < -0.4 is 10.6 Å². The molecule has 1 atom stereocenters. The topological polar surface area (TPSA) is 105 Å². The molecule has 1 aromatic carbocycles. The molecule has 2 aromatic heterocycles. The van der Waals surface area contributed by atoms with Crippen LogP contribution in [0.5, 0.6) is 0 Å². The summed E-state index contributed by atoms with van der Waals surface area (Å²) in [6, 6.07) is 6.53. The van der Waals surface area contributed by atoms with Crippen molar-refractivity contribution in [2.24, 2.45) is 0 Å². The lowest BCUT2D eigenvalue weighted by Gasteiger charge is -2.07. The quantitative estimate of drug-likeness (QED) is 0.597. The van der Waals surface area contributed by atoms with Gasteiger partial charge in [-0.3, -0.25) is 9.78 Å². The zero-order valence-electron chi connectivity index (χ0n) is 15.1. The molecular weight excluding hydrogens is 370 g/mol. The van der Waals surface area contributed by atoms with Gasteiger partial charge in [-0.05, 0) is 31.2 Å². The first-order valence-electron chi connectivity index (χ1n) is 8.41. The molecule has 8 nitrogen and oxygen atoms in total. The molecule has 0 saturated carbocycles. The van der Waals surface area contributed by atoms with Crippen LogP contribution in [0.1, 0.15) is 17.4 Å². The number of aliphatic hydroxyl groups is 1. The fourth-order valence-corrected chi connectivity index (χ4v) is 2.48. The van der Waals surface area contributed by atoms with E-state index in [1.165, 1.54) is 30.1 Å². The van der Waals surface area contributed by atoms with Crippen LogP contribution in [0.4, 0.5) is 20.4 Å². The predicted octanol–water partition coefficient (Wildman–Crippen LogP) is 2.10. The third-order valence-electron chi connectivity index (χ3n) is 3.77. The van der Waals surface area contributed by atoms with Crippen LogP contribution >= 0.6 is 0 Å². The van der Waals surface area contributed by atoms with Gasteiger partial charge in [0.2, 0.25) is 5.95 Å². The van der Waals surface area contributed by atoms with E-state index >= 15 is 0 Å². The molecule has 0 fully saturated rings. The van der Waals surface area contributed by atoms with E-state index < -0.39 is 17.7 Å². The van der Waals surface area contributed by atoms with Crippen LogP contribution in [0.2, 0.25) is 0 Å². The molecule has 2 heterocycles. The maximum atomic E-state index is 13.4. The summed E-state index contributed by atoms with van der Waals surface area (Å²) in [5.41, 5.74) is 1.08. The van der Waals surface area contributed by atoms with Crippen LogP contribution in [0.3, 0.4) is 0 Å². The number of aromatic nitrogens is 4. The van der Waals surface area contributed by atoms with E-state index in [4.69, 9.17) is 0 Å². The first-order valence-corrected chi connectivity index (χ1v) is 8.41. The smallest absolute Gasteiger partial charge is 0.269 e. The SMILES string of the molecule is CNC(=O)c1ccc(-c2nc(Nc3ccc(F)c(F)c3)nn2C[C@H](C)O)cn1. The molecule has 0 aliphatic heterocycles. The Kier molecular flexibility index (Phi) is 5.59. The van der Waals surface area contributed by atoms with Crippen molar-refractivity contribution in [2.75, 3.05) is 12.4 Å². The van der Waals surface area contributed by atoms with E-state index in [2.05, 4.69) is 25.7 Å². The molecule has 0 aliphatic rings. The highest BCUT2D eigenvalue weighted by Gasteiger charge is 2.16. The first-order chi connectivity index (χ1) is 13.4. The summed E-state index contributed by atoms with van der Waals surface area (Å²) in [6.07, 6.45) is 0.767. The number of carbonyl (C=O) groups is 1. The number of pyridine rings is 1. The predicted molar refractivity (Wildman–Crippen MR) is 98.0 cm³/mol. The van der Waals surface area contributed by atoms with Crippen molar-refractivity contribution in [2.45, 2.75) is 19.6 Å². The summed E-state index contributed by atoms with van der Waals surface area (Å²) >= 11 is 0. The van der Waals surface area contributed by atoms with Crippen molar-refractivity contribution < 1.29 is 18.7 Å². The Bertz CT molecular complexity index is 988. The Labute approximate surface area is 159 Å². The molecule has 10 heteroatoms. The lowest BCUT2D eigenvalue weighted by atomic mass is 10.2. The number of carbonyl (C=O) groups excluding carboxylic acids is 1. The summed E-state index contributed by atoms with van der Waals surface area (Å²) < 4.78 is 27.9. The summed E-state index contributed by atoms with van der Waals surface area (Å²) in [4.78, 5) is 20.1. The van der Waals surface area contributed by atoms with Crippen molar-refractivity contribution >= 4 is 17.5 Å². The van der Waals surface area contributed by atoms with Crippen LogP contribution in [-0.2, 0) is 6.54 Å². The van der Waals surface area contributed by atoms with Gasteiger partial charge in [0.25, 0.3) is 5.91 Å². The van der Waals surface area contributed by atoms with Crippen molar-refractivity contribution in [3.8, 4) is 11.4 Å². The third kappa shape index (κ3) is 4.29. The normalized spacial score (nSPS) is 11.9. The van der Waals surface area contributed by atoms with Gasteiger partial charge in [-0.2, -0.15) is 4.98 Å². The first kappa shape index (κ1) is 19.4. The monoisotopic (exact) mass is 388 g/mol. The Morgan fingerprint density at radius 2 is 2.04 bits per heavy atom. The molecule has 146 valence electrons. The van der Waals surface area contributed by atoms with Crippen molar-refractivity contribution in [3.63, 3.8) is 0 Å². The average Bonchev–Trinajstić information content (AvgIpc) is 3.05. The zero-order chi connectivity index (χ0) is 20.3. The molecule has 0 spiro atoms. The standard InChI is InChI=1S/C18H18F2N6O2/c1-10(27)9-26-16(11-3-6-15(22-8-11)17(28)21-2)24-18(25-26)23-12-4-5-13(19)14(20)7-12/h3-8,10,27H,9H2,1-2H3,(H,21,28)(H,23,25)/t10-/m0/s1. The molecule has 0 saturated heterocycles. The molecular formula is C18H18F2N6O2. The van der Waals surface area contributed by atoms with Gasteiger partial charge in [-0.1, -0.05) is 0 Å². The number of aliphatic hydroxyl groups excluding tert-OH is 1. The van der Waals surface area contributed by atoms with Gasteiger partial charge in [0, 0.05) is 30.6 Å². The van der Waals surface area contributed by atoms with Gasteiger partial charge in [0.1, 0.15) is 5.69 Å². The molecule has 3 N–H and O–H groups in total. The summed E-state index contributed by atoms with van der Waals surface area (Å²) in [7, 11) is 1.51. The van der Waals surface area contributed by atoms with Crippen molar-refractivity contribution in [1.29, 1.82) is 0 Å². The van der Waals surface area contributed by atoms with Crippen LogP contribution in [0, 0.1) is 11.6 Å². The lowest BCUT2D eigenvalue weighted by molar-refractivity contribution is 0.0958. The number of rotatable bonds is 6. The van der Waals surface area contributed by atoms with Gasteiger partial charge < -0.3 is 15.7 Å². The minimum atomic E-state index is -0.998. The highest BCUT2D eigenvalue weighted by molar-refractivity contribution is 5.92. The van der Waals surface area contributed by atoms with Gasteiger partial charge in [0.15, 0.2) is 17.5 Å². The largest absolute Gasteiger partial charge is 0.391 e. The van der Waals surface area contributed by atoms with Gasteiger partial charge in [0.05, 0.1) is 12.6 Å². The molecule has 0 unspecified atom stereocenters. The second-order valence-corrected chi connectivity index (χ2v) is 6.06. The van der Waals surface area contributed by atoms with E-state index in [1.54, 1.807) is 13.0 Å². The second kappa shape index (κ2) is 8.09. The average molecular weight is 388 g/mol. The molecule has 3 aromatic rings. The molecule has 0 aliphatic carbocycles. The van der Waals surface area contributed by atoms with Crippen LogP contribution in [0.25, 0.3) is 11.4 Å². The molecule has 1 amide bonds. The van der Waals surface area contributed by atoms with Crippen LogP contribution in [0.15, 0.2) is 36.5 Å². The number of benzene rings is 1. The number of nitrogens with one attached hydrogen (secondary N) is 2. The summed E-state index contributed by atoms with van der Waals surface area (Å²) in [5, 5.41) is 19.3. The zero-order valence-corrected chi connectivity index (χ0v) is 15.1. The number of halogens is 2. The molecule has 28 heavy (non-hydrogen) atoms. The van der Waals surface area contributed by atoms with Crippen molar-refractivity contribution in [1.82, 2.24) is 25.1 Å². The third-order valence-corrected chi connectivity index (χ3v) is 3.77. The Morgan fingerprint density at radius 1 is 1.25 bits per heavy atom. The fourth-order valence-electron chi connectivity index (χ4n) is 2.48. The maximum Gasteiger partial charge on any atom is 0.269 e.